The Balaban J connectivity index is 1.54. The molecule has 0 amide bonds. The van der Waals surface area contributed by atoms with E-state index in [1.165, 1.54) is 6.42 Å². The Morgan fingerprint density at radius 3 is 2.74 bits per heavy atom. The van der Waals surface area contributed by atoms with Crippen LogP contribution in [0, 0.1) is 11.8 Å². The molecule has 0 bridgehead atoms. The Morgan fingerprint density at radius 1 is 1.22 bits per heavy atom. The molecule has 1 aromatic heterocycles. The van der Waals surface area contributed by atoms with Crippen molar-refractivity contribution in [3.05, 3.63) is 53.6 Å². The lowest BCUT2D eigenvalue weighted by atomic mass is 9.67. The van der Waals surface area contributed by atoms with Gasteiger partial charge in [0.15, 0.2) is 0 Å². The molecule has 27 heavy (non-hydrogen) atoms. The highest BCUT2D eigenvalue weighted by Gasteiger charge is 2.50. The van der Waals surface area contributed by atoms with E-state index in [1.54, 1.807) is 7.11 Å². The van der Waals surface area contributed by atoms with Crippen molar-refractivity contribution in [1.29, 1.82) is 0 Å². The SMILES string of the molecule is CCc1ncc(CN2CC3CCCC(O)(c4ccccc4OC)C3C2)cn1. The van der Waals surface area contributed by atoms with Crippen molar-refractivity contribution in [2.24, 2.45) is 11.8 Å². The molecule has 1 saturated carbocycles. The van der Waals surface area contributed by atoms with E-state index >= 15 is 0 Å². The minimum atomic E-state index is -0.813. The molecule has 1 saturated heterocycles. The number of rotatable bonds is 5. The van der Waals surface area contributed by atoms with Crippen LogP contribution in [-0.4, -0.2) is 40.2 Å². The third kappa shape index (κ3) is 3.46. The van der Waals surface area contributed by atoms with Crippen LogP contribution >= 0.6 is 0 Å². The van der Waals surface area contributed by atoms with E-state index in [9.17, 15) is 5.11 Å². The van der Waals surface area contributed by atoms with E-state index in [4.69, 9.17) is 4.74 Å². The zero-order valence-corrected chi connectivity index (χ0v) is 16.3. The van der Waals surface area contributed by atoms with Crippen LogP contribution in [0.1, 0.15) is 43.1 Å². The van der Waals surface area contributed by atoms with Crippen molar-refractivity contribution in [2.45, 2.75) is 44.8 Å². The molecule has 5 heteroatoms. The molecule has 2 aromatic rings. The first-order valence-electron chi connectivity index (χ1n) is 10.0. The summed E-state index contributed by atoms with van der Waals surface area (Å²) in [6, 6.07) is 7.95. The molecule has 1 aliphatic heterocycles. The topological polar surface area (TPSA) is 58.5 Å². The van der Waals surface area contributed by atoms with Crippen molar-refractivity contribution in [3.8, 4) is 5.75 Å². The first-order chi connectivity index (χ1) is 13.1. The molecule has 2 fully saturated rings. The number of hydrogen-bond acceptors (Lipinski definition) is 5. The van der Waals surface area contributed by atoms with Gasteiger partial charge in [0, 0.05) is 55.5 Å². The average molecular weight is 367 g/mol. The Labute approximate surface area is 161 Å². The number of benzene rings is 1. The van der Waals surface area contributed by atoms with Gasteiger partial charge in [-0.2, -0.15) is 0 Å². The van der Waals surface area contributed by atoms with Gasteiger partial charge >= 0.3 is 0 Å². The van der Waals surface area contributed by atoms with E-state index < -0.39 is 5.60 Å². The number of hydrogen-bond donors (Lipinski definition) is 1. The number of nitrogens with zero attached hydrogens (tertiary/aromatic N) is 3. The van der Waals surface area contributed by atoms with Gasteiger partial charge in [-0.05, 0) is 31.2 Å². The molecule has 1 aromatic carbocycles. The second kappa shape index (κ2) is 7.56. The van der Waals surface area contributed by atoms with E-state index in [0.29, 0.717) is 5.92 Å². The molecule has 0 radical (unpaired) electrons. The predicted octanol–water partition coefficient (Wildman–Crippen LogP) is 3.17. The number of aryl methyl sites for hydroxylation is 1. The normalized spacial score (nSPS) is 28.1. The van der Waals surface area contributed by atoms with Crippen LogP contribution in [0.15, 0.2) is 36.7 Å². The van der Waals surface area contributed by atoms with E-state index in [2.05, 4.69) is 21.8 Å². The molecule has 3 atom stereocenters. The third-order valence-electron chi connectivity index (χ3n) is 6.32. The van der Waals surface area contributed by atoms with Crippen LogP contribution in [0.3, 0.4) is 0 Å². The van der Waals surface area contributed by atoms with Crippen molar-refractivity contribution in [3.63, 3.8) is 0 Å². The summed E-state index contributed by atoms with van der Waals surface area (Å²) in [5, 5.41) is 11.7. The Hall–Kier alpha value is -1.98. The fourth-order valence-electron chi connectivity index (χ4n) is 4.98. The van der Waals surface area contributed by atoms with Gasteiger partial charge in [-0.3, -0.25) is 4.90 Å². The van der Waals surface area contributed by atoms with Crippen molar-refractivity contribution >= 4 is 0 Å². The third-order valence-corrected chi connectivity index (χ3v) is 6.32. The van der Waals surface area contributed by atoms with Gasteiger partial charge in [0.05, 0.1) is 12.7 Å². The number of fused-ring (bicyclic) bond motifs is 1. The minimum absolute atomic E-state index is 0.235. The highest BCUT2D eigenvalue weighted by atomic mass is 16.5. The van der Waals surface area contributed by atoms with E-state index in [0.717, 1.165) is 61.6 Å². The van der Waals surface area contributed by atoms with Crippen LogP contribution in [0.25, 0.3) is 0 Å². The molecule has 2 aliphatic rings. The zero-order chi connectivity index (χ0) is 18.9. The predicted molar refractivity (Wildman–Crippen MR) is 104 cm³/mol. The van der Waals surface area contributed by atoms with E-state index in [-0.39, 0.29) is 5.92 Å². The molecule has 1 N–H and O–H groups in total. The lowest BCUT2D eigenvalue weighted by molar-refractivity contribution is -0.0662. The molecule has 2 heterocycles. The summed E-state index contributed by atoms with van der Waals surface area (Å²) in [6.07, 6.45) is 7.79. The molecular weight excluding hydrogens is 338 g/mol. The van der Waals surface area contributed by atoms with Gasteiger partial charge in [-0.25, -0.2) is 9.97 Å². The van der Waals surface area contributed by atoms with Gasteiger partial charge in [0.1, 0.15) is 11.6 Å². The Kier molecular flexibility index (Phi) is 5.15. The maximum atomic E-state index is 11.7. The fraction of sp³-hybridized carbons (Fsp3) is 0.545. The lowest BCUT2D eigenvalue weighted by Gasteiger charge is -2.42. The first kappa shape index (κ1) is 18.4. The van der Waals surface area contributed by atoms with Gasteiger partial charge < -0.3 is 9.84 Å². The van der Waals surface area contributed by atoms with E-state index in [1.807, 2.05) is 36.7 Å². The summed E-state index contributed by atoms with van der Waals surface area (Å²) in [6.45, 7) is 4.84. The summed E-state index contributed by atoms with van der Waals surface area (Å²) >= 11 is 0. The summed E-state index contributed by atoms with van der Waals surface area (Å²) in [5.74, 6) is 2.44. The summed E-state index contributed by atoms with van der Waals surface area (Å²) in [5.41, 5.74) is 1.28. The summed E-state index contributed by atoms with van der Waals surface area (Å²) in [4.78, 5) is 11.3. The number of para-hydroxylation sites is 1. The highest BCUT2D eigenvalue weighted by Crippen LogP contribution is 2.50. The van der Waals surface area contributed by atoms with Crippen LogP contribution in [0.5, 0.6) is 5.75 Å². The highest BCUT2D eigenvalue weighted by molar-refractivity contribution is 5.39. The van der Waals surface area contributed by atoms with Crippen LogP contribution < -0.4 is 4.74 Å². The summed E-state index contributed by atoms with van der Waals surface area (Å²) < 4.78 is 5.57. The maximum absolute atomic E-state index is 11.7. The Morgan fingerprint density at radius 2 is 2.00 bits per heavy atom. The quantitative estimate of drug-likeness (QED) is 0.880. The number of aliphatic hydroxyl groups is 1. The van der Waals surface area contributed by atoms with Crippen molar-refractivity contribution in [1.82, 2.24) is 14.9 Å². The molecule has 144 valence electrons. The second-order valence-electron chi connectivity index (χ2n) is 7.94. The molecule has 4 rings (SSSR count). The molecule has 3 unspecified atom stereocenters. The van der Waals surface area contributed by atoms with Crippen LogP contribution in [-0.2, 0) is 18.6 Å². The standard InChI is InChI=1S/C22H29N3O2/c1-3-21-23-11-16(12-24-21)13-25-14-17-7-6-10-22(26,19(17)15-25)18-8-4-5-9-20(18)27-2/h4-5,8-9,11-12,17,19,26H,3,6-7,10,13-15H2,1-2H3. The number of methoxy groups -OCH3 is 1. The molecule has 1 aliphatic carbocycles. The smallest absolute Gasteiger partial charge is 0.127 e. The van der Waals surface area contributed by atoms with Crippen LogP contribution in [0.2, 0.25) is 0 Å². The van der Waals surface area contributed by atoms with Crippen molar-refractivity contribution in [2.75, 3.05) is 20.2 Å². The lowest BCUT2D eigenvalue weighted by Crippen LogP contribution is -2.43. The average Bonchev–Trinajstić information content (AvgIpc) is 3.13. The molecule has 0 spiro atoms. The monoisotopic (exact) mass is 367 g/mol. The zero-order valence-electron chi connectivity index (χ0n) is 16.3. The van der Waals surface area contributed by atoms with Gasteiger partial charge in [0.2, 0.25) is 0 Å². The first-order valence-corrected chi connectivity index (χ1v) is 10.0. The number of aromatic nitrogens is 2. The van der Waals surface area contributed by atoms with Gasteiger partial charge in [-0.1, -0.05) is 25.1 Å². The van der Waals surface area contributed by atoms with Crippen LogP contribution in [0.4, 0.5) is 0 Å². The number of likely N-dealkylation sites (tertiary alicyclic amines) is 1. The fourth-order valence-corrected chi connectivity index (χ4v) is 4.98. The largest absolute Gasteiger partial charge is 0.496 e. The minimum Gasteiger partial charge on any atom is -0.496 e. The second-order valence-corrected chi connectivity index (χ2v) is 7.94. The Bertz CT molecular complexity index is 779. The van der Waals surface area contributed by atoms with Gasteiger partial charge in [0.25, 0.3) is 0 Å². The molecular formula is C22H29N3O2. The number of ether oxygens (including phenoxy) is 1. The molecule has 5 nitrogen and oxygen atoms in total. The van der Waals surface area contributed by atoms with Crippen molar-refractivity contribution < 1.29 is 9.84 Å². The van der Waals surface area contributed by atoms with Gasteiger partial charge in [-0.15, -0.1) is 0 Å². The maximum Gasteiger partial charge on any atom is 0.127 e. The summed E-state index contributed by atoms with van der Waals surface area (Å²) in [7, 11) is 1.68.